The van der Waals surface area contributed by atoms with Crippen molar-refractivity contribution in [2.75, 3.05) is 37.6 Å². The standard InChI is InChI=1S/C30H30FN3O2/c1-23-4-2-6-29(20-23)36-28-13-11-27(12-14-28)34-15-3-5-25(22-34)30(35)33-18-16-32(17-19-33)21-24-7-9-26(31)10-8-24/h2-14,20,22H,15-19,21H2,1H3. The maximum atomic E-state index is 13.2. The third-order valence-corrected chi connectivity index (χ3v) is 6.51. The number of hydrogen-bond acceptors (Lipinski definition) is 4. The number of halogens is 1. The Hall–Kier alpha value is -3.90. The van der Waals surface area contributed by atoms with Crippen LogP contribution in [0.3, 0.4) is 0 Å². The van der Waals surface area contributed by atoms with Gasteiger partial charge in [-0.3, -0.25) is 9.69 Å². The van der Waals surface area contributed by atoms with Gasteiger partial charge in [0, 0.05) is 51.2 Å². The second-order valence-corrected chi connectivity index (χ2v) is 9.25. The average Bonchev–Trinajstić information content (AvgIpc) is 2.91. The summed E-state index contributed by atoms with van der Waals surface area (Å²) in [4.78, 5) is 19.5. The highest BCUT2D eigenvalue weighted by Crippen LogP contribution is 2.27. The number of piperazine rings is 1. The Labute approximate surface area is 211 Å². The van der Waals surface area contributed by atoms with E-state index in [0.29, 0.717) is 25.2 Å². The number of aryl methyl sites for hydroxylation is 1. The molecule has 36 heavy (non-hydrogen) atoms. The lowest BCUT2D eigenvalue weighted by Gasteiger charge is -2.35. The van der Waals surface area contributed by atoms with E-state index < -0.39 is 0 Å². The Morgan fingerprint density at radius 2 is 1.67 bits per heavy atom. The summed E-state index contributed by atoms with van der Waals surface area (Å²) in [6.07, 6.45) is 5.87. The van der Waals surface area contributed by atoms with E-state index in [2.05, 4.69) is 9.80 Å². The van der Waals surface area contributed by atoms with Gasteiger partial charge in [-0.15, -0.1) is 0 Å². The van der Waals surface area contributed by atoms with Gasteiger partial charge in [0.1, 0.15) is 17.3 Å². The van der Waals surface area contributed by atoms with Crippen molar-refractivity contribution < 1.29 is 13.9 Å². The summed E-state index contributed by atoms with van der Waals surface area (Å²) < 4.78 is 19.1. The fourth-order valence-corrected chi connectivity index (χ4v) is 4.52. The van der Waals surface area contributed by atoms with Crippen molar-refractivity contribution in [3.05, 3.63) is 114 Å². The molecular formula is C30H30FN3O2. The molecule has 2 aliphatic heterocycles. The van der Waals surface area contributed by atoms with E-state index in [9.17, 15) is 9.18 Å². The van der Waals surface area contributed by atoms with Crippen LogP contribution in [0.5, 0.6) is 11.5 Å². The number of ether oxygens (including phenoxy) is 1. The summed E-state index contributed by atoms with van der Waals surface area (Å²) in [6, 6.07) is 22.5. The summed E-state index contributed by atoms with van der Waals surface area (Å²) in [6.45, 7) is 6.46. The van der Waals surface area contributed by atoms with Crippen LogP contribution in [-0.4, -0.2) is 48.4 Å². The summed E-state index contributed by atoms with van der Waals surface area (Å²) >= 11 is 0. The van der Waals surface area contributed by atoms with Crippen LogP contribution in [-0.2, 0) is 11.3 Å². The van der Waals surface area contributed by atoms with E-state index in [1.165, 1.54) is 12.1 Å². The highest BCUT2D eigenvalue weighted by Gasteiger charge is 2.24. The molecular weight excluding hydrogens is 453 g/mol. The van der Waals surface area contributed by atoms with Crippen LogP contribution in [0.15, 0.2) is 96.7 Å². The molecule has 184 valence electrons. The molecule has 5 rings (SSSR count). The smallest absolute Gasteiger partial charge is 0.255 e. The zero-order valence-corrected chi connectivity index (χ0v) is 20.4. The van der Waals surface area contributed by atoms with Crippen molar-refractivity contribution in [1.82, 2.24) is 9.80 Å². The van der Waals surface area contributed by atoms with Gasteiger partial charge >= 0.3 is 0 Å². The first kappa shape index (κ1) is 23.8. The summed E-state index contributed by atoms with van der Waals surface area (Å²) in [5, 5.41) is 0. The van der Waals surface area contributed by atoms with E-state index in [0.717, 1.165) is 47.9 Å². The number of benzene rings is 3. The monoisotopic (exact) mass is 483 g/mol. The second kappa shape index (κ2) is 10.8. The van der Waals surface area contributed by atoms with E-state index in [1.807, 2.05) is 90.8 Å². The van der Waals surface area contributed by atoms with Gasteiger partial charge in [0.25, 0.3) is 5.91 Å². The topological polar surface area (TPSA) is 36.0 Å². The maximum Gasteiger partial charge on any atom is 0.255 e. The summed E-state index contributed by atoms with van der Waals surface area (Å²) in [7, 11) is 0. The van der Waals surface area contributed by atoms with Crippen LogP contribution in [0, 0.1) is 12.7 Å². The molecule has 0 radical (unpaired) electrons. The predicted molar refractivity (Wildman–Crippen MR) is 141 cm³/mol. The molecule has 1 fully saturated rings. The Morgan fingerprint density at radius 1 is 0.917 bits per heavy atom. The second-order valence-electron chi connectivity index (χ2n) is 9.25. The Kier molecular flexibility index (Phi) is 7.14. The molecule has 5 nitrogen and oxygen atoms in total. The molecule has 0 saturated carbocycles. The van der Waals surface area contributed by atoms with E-state index >= 15 is 0 Å². The molecule has 0 atom stereocenters. The lowest BCUT2D eigenvalue weighted by Crippen LogP contribution is -2.48. The van der Waals surface area contributed by atoms with Gasteiger partial charge < -0.3 is 14.5 Å². The molecule has 3 aromatic rings. The van der Waals surface area contributed by atoms with Crippen molar-refractivity contribution in [3.8, 4) is 11.5 Å². The number of nitrogens with zero attached hydrogens (tertiary/aromatic N) is 3. The van der Waals surface area contributed by atoms with Crippen molar-refractivity contribution >= 4 is 11.6 Å². The lowest BCUT2D eigenvalue weighted by molar-refractivity contribution is -0.128. The first-order valence-electron chi connectivity index (χ1n) is 12.3. The third-order valence-electron chi connectivity index (χ3n) is 6.51. The van der Waals surface area contributed by atoms with E-state index in [-0.39, 0.29) is 11.7 Å². The normalized spacial score (nSPS) is 16.1. The fraction of sp³-hybridized carbons (Fsp3) is 0.233. The van der Waals surface area contributed by atoms with Crippen molar-refractivity contribution in [2.45, 2.75) is 13.5 Å². The SMILES string of the molecule is Cc1cccc(Oc2ccc(N3C=C(C(=O)N4CCN(Cc5ccc(F)cc5)CC4)C=CC3)cc2)c1. The van der Waals surface area contributed by atoms with Gasteiger partial charge in [0.15, 0.2) is 0 Å². The molecule has 2 heterocycles. The van der Waals surface area contributed by atoms with Gasteiger partial charge in [0.05, 0.1) is 5.57 Å². The van der Waals surface area contributed by atoms with E-state index in [4.69, 9.17) is 4.74 Å². The maximum absolute atomic E-state index is 13.2. The van der Waals surface area contributed by atoms with Crippen LogP contribution in [0.4, 0.5) is 10.1 Å². The molecule has 0 aliphatic carbocycles. The Morgan fingerprint density at radius 3 is 2.39 bits per heavy atom. The Bertz CT molecular complexity index is 1260. The molecule has 0 spiro atoms. The van der Waals surface area contributed by atoms with E-state index in [1.54, 1.807) is 0 Å². The third kappa shape index (κ3) is 5.83. The number of rotatable bonds is 6. The molecule has 0 aromatic heterocycles. The van der Waals surface area contributed by atoms with Crippen LogP contribution >= 0.6 is 0 Å². The van der Waals surface area contributed by atoms with Gasteiger partial charge in [-0.05, 0) is 66.6 Å². The fourth-order valence-electron chi connectivity index (χ4n) is 4.52. The number of carbonyl (C=O) groups excluding carboxylic acids is 1. The van der Waals surface area contributed by atoms with Gasteiger partial charge in [-0.2, -0.15) is 0 Å². The van der Waals surface area contributed by atoms with Crippen molar-refractivity contribution in [2.24, 2.45) is 0 Å². The van der Waals surface area contributed by atoms with Gasteiger partial charge in [-0.1, -0.05) is 36.4 Å². The predicted octanol–water partition coefficient (Wildman–Crippen LogP) is 5.53. The summed E-state index contributed by atoms with van der Waals surface area (Å²) in [5.41, 5.74) is 3.93. The Balaban J connectivity index is 1.18. The van der Waals surface area contributed by atoms with Crippen LogP contribution < -0.4 is 9.64 Å². The highest BCUT2D eigenvalue weighted by atomic mass is 19.1. The van der Waals surface area contributed by atoms with Crippen LogP contribution in [0.25, 0.3) is 0 Å². The van der Waals surface area contributed by atoms with Gasteiger partial charge in [0.2, 0.25) is 0 Å². The highest BCUT2D eigenvalue weighted by molar-refractivity contribution is 5.97. The quantitative estimate of drug-likeness (QED) is 0.462. The molecule has 1 saturated heterocycles. The minimum absolute atomic E-state index is 0.0526. The molecule has 1 amide bonds. The first-order chi connectivity index (χ1) is 17.5. The molecule has 0 N–H and O–H groups in total. The van der Waals surface area contributed by atoms with Crippen molar-refractivity contribution in [1.29, 1.82) is 0 Å². The minimum atomic E-state index is -0.219. The largest absolute Gasteiger partial charge is 0.457 e. The number of carbonyl (C=O) groups is 1. The van der Waals surface area contributed by atoms with Crippen LogP contribution in [0.2, 0.25) is 0 Å². The number of hydrogen-bond donors (Lipinski definition) is 0. The number of anilines is 1. The molecule has 0 bridgehead atoms. The molecule has 2 aliphatic rings. The summed E-state index contributed by atoms with van der Waals surface area (Å²) in [5.74, 6) is 1.42. The number of amides is 1. The minimum Gasteiger partial charge on any atom is -0.457 e. The molecule has 6 heteroatoms. The first-order valence-corrected chi connectivity index (χ1v) is 12.3. The lowest BCUT2D eigenvalue weighted by atomic mass is 10.1. The zero-order chi connectivity index (χ0) is 24.9. The zero-order valence-electron chi connectivity index (χ0n) is 20.4. The molecule has 0 unspecified atom stereocenters. The van der Waals surface area contributed by atoms with Crippen LogP contribution in [0.1, 0.15) is 11.1 Å². The van der Waals surface area contributed by atoms with Crippen molar-refractivity contribution in [3.63, 3.8) is 0 Å². The van der Waals surface area contributed by atoms with Gasteiger partial charge in [-0.25, -0.2) is 4.39 Å². The molecule has 3 aromatic carbocycles. The average molecular weight is 484 g/mol.